The van der Waals surface area contributed by atoms with Gasteiger partial charge in [0.1, 0.15) is 5.78 Å². The molecule has 0 saturated carbocycles. The van der Waals surface area contributed by atoms with Gasteiger partial charge in [0.15, 0.2) is 5.79 Å². The van der Waals surface area contributed by atoms with Crippen LogP contribution in [0.15, 0.2) is 84.9 Å². The fourth-order valence-electron chi connectivity index (χ4n) is 6.14. The van der Waals surface area contributed by atoms with Crippen molar-refractivity contribution in [3.8, 4) is 0 Å². The van der Waals surface area contributed by atoms with Crippen molar-refractivity contribution in [2.75, 3.05) is 39.4 Å². The Hall–Kier alpha value is -3.09. The number of Topliss-reactive ketones (excluding diaryl/α,β-unsaturated/α-hetero) is 1. The number of rotatable bonds is 4. The minimum absolute atomic E-state index is 0.269. The molecule has 39 heavy (non-hydrogen) atoms. The van der Waals surface area contributed by atoms with Crippen LogP contribution in [-0.2, 0) is 27.4 Å². The van der Waals surface area contributed by atoms with Crippen molar-refractivity contribution in [2.24, 2.45) is 0 Å². The molecule has 0 unspecified atom stereocenters. The second-order valence-electron chi connectivity index (χ2n) is 11.0. The molecule has 4 aromatic carbocycles. The topological polar surface area (TPSA) is 42.0 Å². The number of benzene rings is 4. The first-order chi connectivity index (χ1) is 19.2. The van der Waals surface area contributed by atoms with Gasteiger partial charge in [0.2, 0.25) is 0 Å². The molecule has 3 aliphatic heterocycles. The molecule has 3 fully saturated rings. The number of carbonyl (C=O) groups excluding carboxylic acids is 1. The van der Waals surface area contributed by atoms with Gasteiger partial charge in [-0.1, -0.05) is 84.9 Å². The predicted octanol–water partition coefficient (Wildman–Crippen LogP) is 6.18. The molecule has 0 atom stereocenters. The molecule has 0 N–H and O–H groups in total. The average molecular weight is 523 g/mol. The molecule has 4 aromatic rings. The van der Waals surface area contributed by atoms with Gasteiger partial charge in [0.25, 0.3) is 0 Å². The summed E-state index contributed by atoms with van der Waals surface area (Å²) in [7, 11) is 0. The third-order valence-electron chi connectivity index (χ3n) is 8.39. The Morgan fingerprint density at radius 2 is 1.05 bits per heavy atom. The second kappa shape index (κ2) is 12.0. The van der Waals surface area contributed by atoms with E-state index in [2.05, 4.69) is 94.7 Å². The van der Waals surface area contributed by atoms with Crippen LogP contribution >= 0.6 is 0 Å². The van der Waals surface area contributed by atoms with Gasteiger partial charge in [0.05, 0.1) is 13.2 Å². The lowest BCUT2D eigenvalue weighted by Crippen LogP contribution is -2.44. The molecule has 3 saturated heterocycles. The molecule has 0 aliphatic carbocycles. The van der Waals surface area contributed by atoms with E-state index < -0.39 is 0 Å². The molecule has 0 aromatic heterocycles. The van der Waals surface area contributed by atoms with E-state index in [1.54, 1.807) is 0 Å². The zero-order valence-electron chi connectivity index (χ0n) is 22.7. The first-order valence-electron chi connectivity index (χ1n) is 14.4. The monoisotopic (exact) mass is 522 g/mol. The van der Waals surface area contributed by atoms with Crippen molar-refractivity contribution in [2.45, 2.75) is 44.6 Å². The van der Waals surface area contributed by atoms with Crippen LogP contribution < -0.4 is 0 Å². The number of piperidine rings is 2. The lowest BCUT2D eigenvalue weighted by molar-refractivity contribution is -0.185. The van der Waals surface area contributed by atoms with E-state index >= 15 is 0 Å². The summed E-state index contributed by atoms with van der Waals surface area (Å²) >= 11 is 0. The highest BCUT2D eigenvalue weighted by Crippen LogP contribution is 2.32. The van der Waals surface area contributed by atoms with Crippen LogP contribution in [0, 0.1) is 0 Å². The SMILES string of the molecule is O=C1CCN(Cc2cccc3ccccc23)CC1.c1ccc2c(CN3CCC4(CC3)OCCO4)cccc2c1. The first kappa shape index (κ1) is 26.1. The Labute approximate surface area is 231 Å². The minimum atomic E-state index is -0.269. The molecule has 0 bridgehead atoms. The molecule has 3 heterocycles. The van der Waals surface area contributed by atoms with Crippen molar-refractivity contribution in [1.82, 2.24) is 9.80 Å². The number of ether oxygens (including phenoxy) is 2. The third kappa shape index (κ3) is 6.23. The van der Waals surface area contributed by atoms with Crippen molar-refractivity contribution >= 4 is 27.3 Å². The number of ketones is 1. The van der Waals surface area contributed by atoms with E-state index in [-0.39, 0.29) is 5.79 Å². The second-order valence-corrected chi connectivity index (χ2v) is 11.0. The Balaban J connectivity index is 0.000000144. The van der Waals surface area contributed by atoms with Gasteiger partial charge < -0.3 is 9.47 Å². The highest BCUT2D eigenvalue weighted by molar-refractivity contribution is 5.86. The average Bonchev–Trinajstić information content (AvgIpc) is 3.44. The van der Waals surface area contributed by atoms with E-state index in [1.165, 1.54) is 32.7 Å². The largest absolute Gasteiger partial charge is 0.347 e. The summed E-state index contributed by atoms with van der Waals surface area (Å²) in [5.41, 5.74) is 2.78. The van der Waals surface area contributed by atoms with Gasteiger partial charge in [-0.3, -0.25) is 14.6 Å². The summed E-state index contributed by atoms with van der Waals surface area (Å²) in [5.74, 6) is 0.138. The number of hydrogen-bond donors (Lipinski definition) is 0. The summed E-state index contributed by atoms with van der Waals surface area (Å²) in [4.78, 5) is 16.1. The van der Waals surface area contributed by atoms with Crippen LogP contribution in [0.3, 0.4) is 0 Å². The van der Waals surface area contributed by atoms with Gasteiger partial charge in [-0.25, -0.2) is 0 Å². The third-order valence-corrected chi connectivity index (χ3v) is 8.39. The Bertz CT molecular complexity index is 1400. The Kier molecular flexibility index (Phi) is 8.03. The lowest BCUT2D eigenvalue weighted by atomic mass is 10.0. The predicted molar refractivity (Wildman–Crippen MR) is 157 cm³/mol. The summed E-state index contributed by atoms with van der Waals surface area (Å²) in [5, 5.41) is 5.32. The molecule has 0 radical (unpaired) electrons. The van der Waals surface area contributed by atoms with Gasteiger partial charge in [0, 0.05) is 65.0 Å². The van der Waals surface area contributed by atoms with Crippen molar-refractivity contribution in [1.29, 1.82) is 0 Å². The van der Waals surface area contributed by atoms with Crippen LogP contribution in [0.4, 0.5) is 0 Å². The number of fused-ring (bicyclic) bond motifs is 2. The smallest absolute Gasteiger partial charge is 0.170 e. The summed E-state index contributed by atoms with van der Waals surface area (Å²) in [6.45, 7) is 7.37. The van der Waals surface area contributed by atoms with Crippen LogP contribution in [-0.4, -0.2) is 60.8 Å². The van der Waals surface area contributed by atoms with Crippen molar-refractivity contribution in [3.63, 3.8) is 0 Å². The van der Waals surface area contributed by atoms with Crippen LogP contribution in [0.25, 0.3) is 21.5 Å². The van der Waals surface area contributed by atoms with Gasteiger partial charge in [-0.15, -0.1) is 0 Å². The van der Waals surface area contributed by atoms with Crippen LogP contribution in [0.2, 0.25) is 0 Å². The molecular formula is C34H38N2O3. The zero-order valence-corrected chi connectivity index (χ0v) is 22.7. The first-order valence-corrected chi connectivity index (χ1v) is 14.4. The number of carbonyl (C=O) groups is 1. The maximum Gasteiger partial charge on any atom is 0.170 e. The summed E-state index contributed by atoms with van der Waals surface area (Å²) in [6, 6.07) is 30.2. The van der Waals surface area contributed by atoms with Crippen molar-refractivity contribution < 1.29 is 14.3 Å². The standard InChI is InChI=1S/C18H21NO2.C16H17NO/c1-2-7-17-15(4-1)5-3-6-16(17)14-19-10-8-18(9-11-19)20-12-13-21-18;18-15-8-10-17(11-9-15)12-14-6-3-5-13-4-1-2-7-16(13)14/h1-7H,8-14H2;1-7H,8-12H2. The summed E-state index contributed by atoms with van der Waals surface area (Å²) in [6.07, 6.45) is 3.39. The highest BCUT2D eigenvalue weighted by Gasteiger charge is 2.39. The molecule has 0 amide bonds. The van der Waals surface area contributed by atoms with Crippen molar-refractivity contribution in [3.05, 3.63) is 96.1 Å². The van der Waals surface area contributed by atoms with E-state index in [4.69, 9.17) is 9.47 Å². The summed E-state index contributed by atoms with van der Waals surface area (Å²) < 4.78 is 11.6. The Morgan fingerprint density at radius 3 is 1.59 bits per heavy atom. The molecule has 3 aliphatic rings. The number of likely N-dealkylation sites (tertiary alicyclic amines) is 2. The molecule has 1 spiro atoms. The molecule has 202 valence electrons. The lowest BCUT2D eigenvalue weighted by Gasteiger charge is -2.37. The quantitative estimate of drug-likeness (QED) is 0.320. The maximum absolute atomic E-state index is 11.2. The molecule has 5 nitrogen and oxygen atoms in total. The van der Waals surface area contributed by atoms with E-state index in [0.29, 0.717) is 18.6 Å². The number of hydrogen-bond acceptors (Lipinski definition) is 5. The fraction of sp³-hybridized carbons (Fsp3) is 0.382. The van der Waals surface area contributed by atoms with Gasteiger partial charge >= 0.3 is 0 Å². The maximum atomic E-state index is 11.2. The van der Waals surface area contributed by atoms with Crippen LogP contribution in [0.5, 0.6) is 0 Å². The molecular weight excluding hydrogens is 484 g/mol. The fourth-order valence-corrected chi connectivity index (χ4v) is 6.14. The number of nitrogens with zero attached hydrogens (tertiary/aromatic N) is 2. The van der Waals surface area contributed by atoms with Gasteiger partial charge in [-0.05, 0) is 32.7 Å². The van der Waals surface area contributed by atoms with E-state index in [0.717, 1.165) is 65.3 Å². The molecule has 7 rings (SSSR count). The highest BCUT2D eigenvalue weighted by atomic mass is 16.7. The van der Waals surface area contributed by atoms with E-state index in [1.807, 2.05) is 0 Å². The normalized spacial score (nSPS) is 19.8. The van der Waals surface area contributed by atoms with E-state index in [9.17, 15) is 4.79 Å². The zero-order chi connectivity index (χ0) is 26.5. The minimum Gasteiger partial charge on any atom is -0.347 e. The van der Waals surface area contributed by atoms with Crippen LogP contribution in [0.1, 0.15) is 36.8 Å². The Morgan fingerprint density at radius 1 is 0.590 bits per heavy atom. The van der Waals surface area contributed by atoms with Gasteiger partial charge in [-0.2, -0.15) is 0 Å². The molecule has 5 heteroatoms.